The van der Waals surface area contributed by atoms with Gasteiger partial charge in [-0.05, 0) is 29.2 Å². The molecule has 0 saturated heterocycles. The van der Waals surface area contributed by atoms with Gasteiger partial charge in [0.1, 0.15) is 5.82 Å². The fraction of sp³-hybridized carbons (Fsp3) is 0.200. The van der Waals surface area contributed by atoms with Gasteiger partial charge in [0.25, 0.3) is 0 Å². The van der Waals surface area contributed by atoms with Gasteiger partial charge < -0.3 is 5.73 Å². The van der Waals surface area contributed by atoms with Crippen molar-refractivity contribution in [3.63, 3.8) is 0 Å². The maximum Gasteiger partial charge on any atom is 0.127 e. The van der Waals surface area contributed by atoms with Crippen LogP contribution in [0, 0.1) is 5.82 Å². The van der Waals surface area contributed by atoms with Crippen molar-refractivity contribution in [3.8, 4) is 0 Å². The van der Waals surface area contributed by atoms with Crippen molar-refractivity contribution in [3.05, 3.63) is 41.2 Å². The first-order valence-electron chi connectivity index (χ1n) is 4.00. The second-order valence-electron chi connectivity index (χ2n) is 2.90. The Balaban J connectivity index is 2.53. The largest absolute Gasteiger partial charge is 0.326 e. The lowest BCUT2D eigenvalue weighted by Crippen LogP contribution is -2.01. The van der Waals surface area contributed by atoms with Crippen molar-refractivity contribution in [2.75, 3.05) is 6.54 Å². The van der Waals surface area contributed by atoms with Gasteiger partial charge in [0.05, 0.1) is 0 Å². The summed E-state index contributed by atoms with van der Waals surface area (Å²) in [7, 11) is 0. The van der Waals surface area contributed by atoms with Crippen LogP contribution in [0.25, 0.3) is 5.57 Å². The molecule has 1 aromatic rings. The van der Waals surface area contributed by atoms with Gasteiger partial charge in [0, 0.05) is 6.54 Å². The van der Waals surface area contributed by atoms with E-state index in [1.165, 1.54) is 6.07 Å². The van der Waals surface area contributed by atoms with Crippen molar-refractivity contribution in [2.45, 2.75) is 6.42 Å². The summed E-state index contributed by atoms with van der Waals surface area (Å²) in [5.41, 5.74) is 8.34. The van der Waals surface area contributed by atoms with Crippen molar-refractivity contribution in [2.24, 2.45) is 5.73 Å². The van der Waals surface area contributed by atoms with E-state index in [-0.39, 0.29) is 5.82 Å². The first-order chi connectivity index (χ1) is 5.83. The lowest BCUT2D eigenvalue weighted by molar-refractivity contribution is 0.615. The van der Waals surface area contributed by atoms with E-state index in [1.807, 2.05) is 12.1 Å². The monoisotopic (exact) mass is 163 g/mol. The molecule has 1 nitrogen and oxygen atoms in total. The molecule has 0 atom stereocenters. The molecular weight excluding hydrogens is 153 g/mol. The maximum atomic E-state index is 13.1. The Morgan fingerprint density at radius 2 is 2.25 bits per heavy atom. The molecule has 0 aromatic heterocycles. The highest BCUT2D eigenvalue weighted by molar-refractivity contribution is 5.74. The number of hydrogen-bond donors (Lipinski definition) is 1. The van der Waals surface area contributed by atoms with Gasteiger partial charge in [0.15, 0.2) is 0 Å². The van der Waals surface area contributed by atoms with Crippen LogP contribution in [0.4, 0.5) is 4.39 Å². The van der Waals surface area contributed by atoms with E-state index in [0.717, 1.165) is 16.7 Å². The molecule has 0 bridgehead atoms. The molecule has 0 aliphatic heterocycles. The van der Waals surface area contributed by atoms with Gasteiger partial charge >= 0.3 is 0 Å². The molecule has 12 heavy (non-hydrogen) atoms. The standard InChI is InChI=1S/C10H10FN/c11-10-3-1-2-8-7(6-12)4-5-9(8)10/h1-4H,5-6,12H2. The average Bonchev–Trinajstić information content (AvgIpc) is 2.49. The summed E-state index contributed by atoms with van der Waals surface area (Å²) >= 11 is 0. The molecule has 0 saturated carbocycles. The molecule has 0 amide bonds. The number of hydrogen-bond acceptors (Lipinski definition) is 1. The van der Waals surface area contributed by atoms with E-state index >= 15 is 0 Å². The number of nitrogens with two attached hydrogens (primary N) is 1. The highest BCUT2D eigenvalue weighted by Gasteiger charge is 2.15. The summed E-state index contributed by atoms with van der Waals surface area (Å²) in [6.07, 6.45) is 2.68. The number of rotatable bonds is 1. The molecule has 2 heteroatoms. The Hall–Kier alpha value is -1.15. The first-order valence-corrected chi connectivity index (χ1v) is 4.00. The van der Waals surface area contributed by atoms with E-state index in [1.54, 1.807) is 6.07 Å². The molecule has 2 N–H and O–H groups in total. The lowest BCUT2D eigenvalue weighted by atomic mass is 10.1. The second-order valence-corrected chi connectivity index (χ2v) is 2.90. The van der Waals surface area contributed by atoms with Crippen LogP contribution in [0.3, 0.4) is 0 Å². The van der Waals surface area contributed by atoms with Crippen LogP contribution < -0.4 is 5.73 Å². The van der Waals surface area contributed by atoms with Crippen LogP contribution in [0.5, 0.6) is 0 Å². The van der Waals surface area contributed by atoms with Crippen LogP contribution in [0.1, 0.15) is 11.1 Å². The third-order valence-corrected chi connectivity index (χ3v) is 2.24. The van der Waals surface area contributed by atoms with Crippen molar-refractivity contribution < 1.29 is 4.39 Å². The van der Waals surface area contributed by atoms with Crippen LogP contribution in [0.15, 0.2) is 24.3 Å². The quantitative estimate of drug-likeness (QED) is 0.670. The van der Waals surface area contributed by atoms with E-state index in [0.29, 0.717) is 13.0 Å². The topological polar surface area (TPSA) is 26.0 Å². The predicted molar refractivity (Wildman–Crippen MR) is 47.1 cm³/mol. The molecule has 0 unspecified atom stereocenters. The zero-order valence-electron chi connectivity index (χ0n) is 6.68. The molecular formula is C10H10FN. The van der Waals surface area contributed by atoms with Gasteiger partial charge in [-0.2, -0.15) is 0 Å². The van der Waals surface area contributed by atoms with E-state index < -0.39 is 0 Å². The lowest BCUT2D eigenvalue weighted by Gasteiger charge is -2.02. The Labute approximate surface area is 70.7 Å². The summed E-state index contributed by atoms with van der Waals surface area (Å²) in [4.78, 5) is 0. The van der Waals surface area contributed by atoms with Gasteiger partial charge in [-0.15, -0.1) is 0 Å². The highest BCUT2D eigenvalue weighted by Crippen LogP contribution is 2.27. The molecule has 62 valence electrons. The van der Waals surface area contributed by atoms with Crippen molar-refractivity contribution >= 4 is 5.57 Å². The zero-order valence-corrected chi connectivity index (χ0v) is 6.68. The predicted octanol–water partition coefficient (Wildman–Crippen LogP) is 1.72. The summed E-state index contributed by atoms with van der Waals surface area (Å²) in [6, 6.07) is 5.14. The summed E-state index contributed by atoms with van der Waals surface area (Å²) in [5.74, 6) is -0.118. The minimum Gasteiger partial charge on any atom is -0.326 e. The van der Waals surface area contributed by atoms with Gasteiger partial charge in [-0.1, -0.05) is 18.2 Å². The van der Waals surface area contributed by atoms with Crippen molar-refractivity contribution in [1.29, 1.82) is 0 Å². The van der Waals surface area contributed by atoms with E-state index in [2.05, 4.69) is 0 Å². The fourth-order valence-corrected chi connectivity index (χ4v) is 1.60. The molecule has 0 heterocycles. The van der Waals surface area contributed by atoms with Gasteiger partial charge in [0.2, 0.25) is 0 Å². The molecule has 1 aromatic carbocycles. The van der Waals surface area contributed by atoms with Gasteiger partial charge in [-0.3, -0.25) is 0 Å². The Kier molecular flexibility index (Phi) is 1.70. The minimum atomic E-state index is -0.118. The van der Waals surface area contributed by atoms with Crippen LogP contribution in [-0.2, 0) is 6.42 Å². The first kappa shape index (κ1) is 7.50. The molecule has 1 aliphatic carbocycles. The van der Waals surface area contributed by atoms with Crippen LogP contribution in [0.2, 0.25) is 0 Å². The Bertz CT molecular complexity index is 342. The summed E-state index contributed by atoms with van der Waals surface area (Å²) in [5, 5.41) is 0. The van der Waals surface area contributed by atoms with Crippen LogP contribution >= 0.6 is 0 Å². The van der Waals surface area contributed by atoms with Crippen LogP contribution in [-0.4, -0.2) is 6.54 Å². The van der Waals surface area contributed by atoms with E-state index in [9.17, 15) is 4.39 Å². The molecule has 0 fully saturated rings. The normalized spacial score (nSPS) is 14.3. The third-order valence-electron chi connectivity index (χ3n) is 2.24. The Morgan fingerprint density at radius 3 is 3.00 bits per heavy atom. The number of fused-ring (bicyclic) bond motifs is 1. The third kappa shape index (κ3) is 0.959. The highest BCUT2D eigenvalue weighted by atomic mass is 19.1. The van der Waals surface area contributed by atoms with Gasteiger partial charge in [-0.25, -0.2) is 4.39 Å². The number of benzene rings is 1. The summed E-state index contributed by atoms with van der Waals surface area (Å²) < 4.78 is 13.1. The fourth-order valence-electron chi connectivity index (χ4n) is 1.60. The zero-order chi connectivity index (χ0) is 8.55. The second kappa shape index (κ2) is 2.72. The van der Waals surface area contributed by atoms with E-state index in [4.69, 9.17) is 5.73 Å². The molecule has 1 aliphatic rings. The summed E-state index contributed by atoms with van der Waals surface area (Å²) in [6.45, 7) is 0.496. The number of halogens is 1. The number of allylic oxidation sites excluding steroid dienone is 1. The molecule has 0 radical (unpaired) electrons. The minimum absolute atomic E-state index is 0.118. The van der Waals surface area contributed by atoms with Crippen molar-refractivity contribution in [1.82, 2.24) is 0 Å². The molecule has 2 rings (SSSR count). The smallest absolute Gasteiger partial charge is 0.127 e. The SMILES string of the molecule is NCC1=CCc2c(F)cccc21. The molecule has 0 spiro atoms. The Morgan fingerprint density at radius 1 is 1.42 bits per heavy atom. The maximum absolute atomic E-state index is 13.1. The average molecular weight is 163 g/mol.